The number of allylic oxidation sites excluding steroid dienone is 2. The molecule has 3 aromatic heterocycles. The highest BCUT2D eigenvalue weighted by atomic mass is 35.5. The van der Waals surface area contributed by atoms with Crippen LogP contribution in [0.15, 0.2) is 53.3 Å². The number of alkyl halides is 1. The number of hydrogen-bond donors (Lipinski definition) is 1. The number of hydrogen-bond acceptors (Lipinski definition) is 10. The minimum atomic E-state index is -3.88. The van der Waals surface area contributed by atoms with Gasteiger partial charge in [-0.05, 0) is 33.8 Å². The van der Waals surface area contributed by atoms with Gasteiger partial charge in [-0.15, -0.1) is 11.6 Å². The van der Waals surface area contributed by atoms with Crippen molar-refractivity contribution in [3.05, 3.63) is 71.4 Å². The molecule has 2 atom stereocenters. The molecule has 0 radical (unpaired) electrons. The summed E-state index contributed by atoms with van der Waals surface area (Å²) < 4.78 is 72.3. The van der Waals surface area contributed by atoms with Crippen molar-refractivity contribution in [2.75, 3.05) is 0 Å². The van der Waals surface area contributed by atoms with Crippen LogP contribution in [0, 0.1) is 11.6 Å². The highest BCUT2D eigenvalue weighted by Crippen LogP contribution is 2.35. The summed E-state index contributed by atoms with van der Waals surface area (Å²) in [5.41, 5.74) is 0.303. The predicted molar refractivity (Wildman–Crippen MR) is 141 cm³/mol. The lowest BCUT2D eigenvalue weighted by molar-refractivity contribution is 0.528. The third-order valence-corrected chi connectivity index (χ3v) is 8.90. The molecule has 0 saturated heterocycles. The first-order chi connectivity index (χ1) is 16.6. The van der Waals surface area contributed by atoms with Crippen molar-refractivity contribution in [1.82, 2.24) is 29.9 Å². The Bertz CT molecular complexity index is 1440. The van der Waals surface area contributed by atoms with E-state index in [9.17, 15) is 25.6 Å². The average Bonchev–Trinajstić information content (AvgIpc) is 2.83. The van der Waals surface area contributed by atoms with Gasteiger partial charge < -0.3 is 0 Å². The van der Waals surface area contributed by atoms with Gasteiger partial charge in [-0.1, -0.05) is 14.9 Å². The zero-order chi connectivity index (χ0) is 27.3. The van der Waals surface area contributed by atoms with E-state index in [1.165, 1.54) is 46.2 Å². The van der Waals surface area contributed by atoms with E-state index in [0.29, 0.717) is 5.57 Å². The zero-order valence-electron chi connectivity index (χ0n) is 19.5. The van der Waals surface area contributed by atoms with E-state index in [-0.39, 0.29) is 36.6 Å². The monoisotopic (exact) mass is 593 g/mol. The van der Waals surface area contributed by atoms with Crippen LogP contribution in [0.4, 0.5) is 8.78 Å². The quantitative estimate of drug-likeness (QED) is 0.328. The molecule has 0 aromatic carbocycles. The molecule has 3 heterocycles. The fourth-order valence-electron chi connectivity index (χ4n) is 2.51. The van der Waals surface area contributed by atoms with E-state index in [0.717, 1.165) is 24.8 Å². The molecule has 38 heavy (non-hydrogen) atoms. The smallest absolute Gasteiger partial charge is 0.236 e. The Morgan fingerprint density at radius 1 is 0.895 bits per heavy atom. The molecule has 0 aliphatic carbocycles. The maximum atomic E-state index is 12.9. The summed E-state index contributed by atoms with van der Waals surface area (Å²) >= 11 is 6.32. The van der Waals surface area contributed by atoms with Crippen molar-refractivity contribution in [2.24, 2.45) is 5.14 Å². The molecular formula is C22H30ClF2N7O4S2. The van der Waals surface area contributed by atoms with Gasteiger partial charge in [-0.2, -0.15) is 0 Å². The van der Waals surface area contributed by atoms with Crippen molar-refractivity contribution >= 4 is 37.0 Å². The summed E-state index contributed by atoms with van der Waals surface area (Å²) in [5.74, 6) is -1.06. The molecule has 210 valence electrons. The van der Waals surface area contributed by atoms with Crippen LogP contribution < -0.4 is 5.14 Å². The molecule has 0 aliphatic heterocycles. The second-order valence-corrected chi connectivity index (χ2v) is 12.1. The van der Waals surface area contributed by atoms with E-state index >= 15 is 0 Å². The van der Waals surface area contributed by atoms with Gasteiger partial charge in [-0.3, -0.25) is 0 Å². The van der Waals surface area contributed by atoms with Crippen molar-refractivity contribution < 1.29 is 25.6 Å². The minimum Gasteiger partial charge on any atom is -0.236 e. The predicted octanol–water partition coefficient (Wildman–Crippen LogP) is 3.65. The van der Waals surface area contributed by atoms with E-state index < -0.39 is 41.6 Å². The number of primary sulfonamides is 1. The second-order valence-electron chi connectivity index (χ2n) is 7.47. The minimum absolute atomic E-state index is 0. The van der Waals surface area contributed by atoms with Crippen LogP contribution in [0.2, 0.25) is 0 Å². The number of rotatable bonds is 6. The van der Waals surface area contributed by atoms with Gasteiger partial charge in [-0.25, -0.2) is 60.7 Å². The number of sulfonamides is 1. The van der Waals surface area contributed by atoms with Gasteiger partial charge in [0.1, 0.15) is 10.7 Å². The molecule has 0 bridgehead atoms. The van der Waals surface area contributed by atoms with Crippen molar-refractivity contribution in [1.29, 1.82) is 0 Å². The number of nitrogens with two attached hydrogens (primary N) is 1. The summed E-state index contributed by atoms with van der Waals surface area (Å²) in [5, 5.41) is 3.49. The normalized spacial score (nSPS) is 14.3. The fraction of sp³-hybridized carbons (Fsp3) is 0.364. The highest BCUT2D eigenvalue weighted by molar-refractivity contribution is 7.93. The molecule has 0 aliphatic rings. The van der Waals surface area contributed by atoms with Gasteiger partial charge in [0.2, 0.25) is 25.0 Å². The van der Waals surface area contributed by atoms with Crippen LogP contribution >= 0.6 is 11.6 Å². The van der Waals surface area contributed by atoms with Crippen molar-refractivity contribution in [2.45, 2.75) is 57.8 Å². The van der Waals surface area contributed by atoms with Gasteiger partial charge in [0.25, 0.3) is 0 Å². The van der Waals surface area contributed by atoms with Gasteiger partial charge in [0.05, 0.1) is 34.9 Å². The van der Waals surface area contributed by atoms with Crippen LogP contribution in [0.25, 0.3) is 5.57 Å². The Balaban J connectivity index is 0.000000720. The summed E-state index contributed by atoms with van der Waals surface area (Å²) in [6.45, 7) is 5.71. The van der Waals surface area contributed by atoms with Gasteiger partial charge in [0, 0.05) is 18.0 Å². The van der Waals surface area contributed by atoms with Crippen LogP contribution in [-0.4, -0.2) is 52.0 Å². The molecule has 0 fully saturated rings. The first-order valence-corrected chi connectivity index (χ1v) is 13.4. The van der Waals surface area contributed by atoms with E-state index in [1.807, 2.05) is 0 Å². The first kappa shape index (κ1) is 35.0. The summed E-state index contributed by atoms with van der Waals surface area (Å²) in [7, 11) is -7.64. The molecule has 3 aromatic rings. The Kier molecular flexibility index (Phi) is 12.6. The number of sulfone groups is 1. The maximum Gasteiger partial charge on any atom is 0.247 e. The number of nitrogens with zero attached hydrogens (tertiary/aromatic N) is 6. The molecule has 11 nitrogen and oxygen atoms in total. The van der Waals surface area contributed by atoms with Crippen LogP contribution in [-0.2, 0) is 24.7 Å². The molecule has 2 N–H and O–H groups in total. The van der Waals surface area contributed by atoms with E-state index in [2.05, 4.69) is 29.9 Å². The molecule has 0 amide bonds. The van der Waals surface area contributed by atoms with Crippen molar-refractivity contribution in [3.63, 3.8) is 0 Å². The summed E-state index contributed by atoms with van der Waals surface area (Å²) in [4.78, 5) is 20.8. The van der Waals surface area contributed by atoms with Crippen LogP contribution in [0.1, 0.15) is 54.2 Å². The number of aromatic nitrogens is 6. The Hall–Kier alpha value is -3.01. The highest BCUT2D eigenvalue weighted by Gasteiger charge is 2.43. The van der Waals surface area contributed by atoms with E-state index in [4.69, 9.17) is 16.7 Å². The SMILES string of the molecule is C.C.C/C(=C(/C)S(N)(=O)=O)c1ncc(F)cn1.CC(C(C)(Cl)c1ncc(F)cn1)S(=O)(=O)c1ncccn1. The van der Waals surface area contributed by atoms with Gasteiger partial charge in [0.15, 0.2) is 17.5 Å². The standard InChI is InChI=1S/C12H12ClFN4O2S.C8H10FN3O2S.2CH4/c1-8(21(19,20)11-15-4-3-5-16-11)12(2,13)10-17-6-9(14)7-18-10;1-5(6(2)15(10,13)14)8-11-3-7(9)4-12-8;;/h3-8H,1-2H3;3-4H,1-2H3,(H2,10,13,14);2*1H4/b;6-5+;;. The van der Waals surface area contributed by atoms with Gasteiger partial charge >= 0.3 is 0 Å². The third kappa shape index (κ3) is 8.51. The molecule has 3 rings (SSSR count). The Morgan fingerprint density at radius 2 is 1.32 bits per heavy atom. The topological polar surface area (TPSA) is 172 Å². The first-order valence-electron chi connectivity index (χ1n) is 9.94. The lowest BCUT2D eigenvalue weighted by atomic mass is 10.1. The average molecular weight is 594 g/mol. The molecule has 16 heteroatoms. The Morgan fingerprint density at radius 3 is 1.74 bits per heavy atom. The van der Waals surface area contributed by atoms with Crippen molar-refractivity contribution in [3.8, 4) is 0 Å². The molecule has 0 saturated carbocycles. The maximum absolute atomic E-state index is 12.9. The number of halogens is 3. The molecular weight excluding hydrogens is 564 g/mol. The second kappa shape index (κ2) is 13.7. The lowest BCUT2D eigenvalue weighted by Crippen LogP contribution is -2.38. The third-order valence-electron chi connectivity index (χ3n) is 4.99. The van der Waals surface area contributed by atoms with Crippen LogP contribution in [0.5, 0.6) is 0 Å². The lowest BCUT2D eigenvalue weighted by Gasteiger charge is -2.26. The Labute approximate surface area is 226 Å². The largest absolute Gasteiger partial charge is 0.247 e. The molecule has 2 unspecified atom stereocenters. The summed E-state index contributed by atoms with van der Waals surface area (Å²) in [6.07, 6.45) is 6.44. The fourth-order valence-corrected chi connectivity index (χ4v) is 4.89. The summed E-state index contributed by atoms with van der Waals surface area (Å²) in [6, 6.07) is 1.51. The zero-order valence-corrected chi connectivity index (χ0v) is 21.9. The van der Waals surface area contributed by atoms with E-state index in [1.54, 1.807) is 0 Å². The molecule has 0 spiro atoms. The van der Waals surface area contributed by atoms with Crippen LogP contribution in [0.3, 0.4) is 0 Å².